The van der Waals surface area contributed by atoms with Crippen LogP contribution < -0.4 is 5.73 Å². The van der Waals surface area contributed by atoms with Gasteiger partial charge in [0.1, 0.15) is 5.82 Å². The van der Waals surface area contributed by atoms with E-state index in [9.17, 15) is 0 Å². The van der Waals surface area contributed by atoms with E-state index >= 15 is 0 Å². The Bertz CT molecular complexity index is 289. The quantitative estimate of drug-likeness (QED) is 0.774. The van der Waals surface area contributed by atoms with E-state index in [0.29, 0.717) is 6.54 Å². The Hall–Kier alpha value is -0.830. The summed E-state index contributed by atoms with van der Waals surface area (Å²) in [6.45, 7) is 8.09. The zero-order valence-electron chi connectivity index (χ0n) is 9.51. The lowest BCUT2D eigenvalue weighted by atomic mass is 10.2. The normalized spacial score (nSPS) is 10.9. The van der Waals surface area contributed by atoms with Gasteiger partial charge in [-0.05, 0) is 12.8 Å². The molecule has 0 aliphatic carbocycles. The SMILES string of the molecule is CCc1nc(CC)n(CCN)c1CC. The first-order chi connectivity index (χ1) is 6.78. The number of imidazole rings is 1. The number of rotatable bonds is 5. The number of aromatic nitrogens is 2. The van der Waals surface area contributed by atoms with Crippen LogP contribution in [-0.2, 0) is 25.8 Å². The van der Waals surface area contributed by atoms with Gasteiger partial charge >= 0.3 is 0 Å². The third-order valence-electron chi connectivity index (χ3n) is 2.57. The highest BCUT2D eigenvalue weighted by Gasteiger charge is 2.12. The summed E-state index contributed by atoms with van der Waals surface area (Å²) in [5, 5.41) is 0. The first-order valence-electron chi connectivity index (χ1n) is 5.55. The van der Waals surface area contributed by atoms with Crippen LogP contribution in [0.5, 0.6) is 0 Å². The van der Waals surface area contributed by atoms with Gasteiger partial charge in [0.05, 0.1) is 5.69 Å². The van der Waals surface area contributed by atoms with E-state index in [0.717, 1.165) is 25.8 Å². The van der Waals surface area contributed by atoms with Gasteiger partial charge in [0.2, 0.25) is 0 Å². The average Bonchev–Trinajstić information content (AvgIpc) is 2.56. The Morgan fingerprint density at radius 1 is 1.14 bits per heavy atom. The lowest BCUT2D eigenvalue weighted by Crippen LogP contribution is -2.14. The van der Waals surface area contributed by atoms with E-state index < -0.39 is 0 Å². The van der Waals surface area contributed by atoms with Crippen LogP contribution in [0.15, 0.2) is 0 Å². The zero-order valence-corrected chi connectivity index (χ0v) is 9.51. The summed E-state index contributed by atoms with van der Waals surface area (Å²) in [5.41, 5.74) is 8.23. The van der Waals surface area contributed by atoms with Crippen LogP contribution >= 0.6 is 0 Å². The van der Waals surface area contributed by atoms with E-state index in [4.69, 9.17) is 5.73 Å². The van der Waals surface area contributed by atoms with Gasteiger partial charge in [-0.3, -0.25) is 0 Å². The Labute approximate surface area is 86.3 Å². The van der Waals surface area contributed by atoms with Crippen molar-refractivity contribution in [3.63, 3.8) is 0 Å². The molecule has 0 saturated carbocycles. The molecule has 1 aromatic heterocycles. The predicted octanol–water partition coefficient (Wildman–Crippen LogP) is 1.53. The molecule has 0 fully saturated rings. The fourth-order valence-electron chi connectivity index (χ4n) is 1.93. The van der Waals surface area contributed by atoms with Crippen LogP contribution in [0, 0.1) is 0 Å². The summed E-state index contributed by atoms with van der Waals surface area (Å²) in [7, 11) is 0. The maximum atomic E-state index is 5.61. The molecule has 0 aliphatic heterocycles. The Morgan fingerprint density at radius 3 is 2.29 bits per heavy atom. The Morgan fingerprint density at radius 2 is 1.86 bits per heavy atom. The second kappa shape index (κ2) is 5.15. The summed E-state index contributed by atoms with van der Waals surface area (Å²) in [4.78, 5) is 4.64. The third kappa shape index (κ3) is 1.98. The van der Waals surface area contributed by atoms with Crippen LogP contribution in [0.4, 0.5) is 0 Å². The molecule has 2 N–H and O–H groups in total. The summed E-state index contributed by atoms with van der Waals surface area (Å²) < 4.78 is 2.29. The minimum atomic E-state index is 0.694. The second-order valence-corrected chi connectivity index (χ2v) is 3.42. The first kappa shape index (κ1) is 11.2. The van der Waals surface area contributed by atoms with Gasteiger partial charge in [-0.2, -0.15) is 0 Å². The van der Waals surface area contributed by atoms with Gasteiger partial charge in [-0.25, -0.2) is 4.98 Å². The van der Waals surface area contributed by atoms with Crippen molar-refractivity contribution in [2.24, 2.45) is 5.73 Å². The van der Waals surface area contributed by atoms with Crippen molar-refractivity contribution in [1.29, 1.82) is 0 Å². The van der Waals surface area contributed by atoms with E-state index in [1.807, 2.05) is 0 Å². The van der Waals surface area contributed by atoms with Crippen molar-refractivity contribution in [3.05, 3.63) is 17.2 Å². The molecule has 0 aromatic carbocycles. The molecule has 0 amide bonds. The second-order valence-electron chi connectivity index (χ2n) is 3.42. The summed E-state index contributed by atoms with van der Waals surface area (Å²) in [6, 6.07) is 0. The maximum absolute atomic E-state index is 5.61. The molecule has 14 heavy (non-hydrogen) atoms. The third-order valence-corrected chi connectivity index (χ3v) is 2.57. The average molecular weight is 195 g/mol. The molecule has 0 atom stereocenters. The molecule has 3 heteroatoms. The van der Waals surface area contributed by atoms with Crippen molar-refractivity contribution in [2.75, 3.05) is 6.54 Å². The van der Waals surface area contributed by atoms with Crippen LogP contribution in [-0.4, -0.2) is 16.1 Å². The highest BCUT2D eigenvalue weighted by molar-refractivity contribution is 5.17. The highest BCUT2D eigenvalue weighted by Crippen LogP contribution is 2.14. The van der Waals surface area contributed by atoms with Gasteiger partial charge in [0.25, 0.3) is 0 Å². The summed E-state index contributed by atoms with van der Waals surface area (Å²) in [5.74, 6) is 1.18. The predicted molar refractivity (Wildman–Crippen MR) is 59.4 cm³/mol. The number of hydrogen-bond donors (Lipinski definition) is 1. The molecule has 0 saturated heterocycles. The highest BCUT2D eigenvalue weighted by atomic mass is 15.1. The molecule has 1 heterocycles. The van der Waals surface area contributed by atoms with Crippen LogP contribution in [0.3, 0.4) is 0 Å². The van der Waals surface area contributed by atoms with Gasteiger partial charge in [-0.15, -0.1) is 0 Å². The first-order valence-corrected chi connectivity index (χ1v) is 5.55. The van der Waals surface area contributed by atoms with Gasteiger partial charge in [0.15, 0.2) is 0 Å². The monoisotopic (exact) mass is 195 g/mol. The lowest BCUT2D eigenvalue weighted by Gasteiger charge is -2.08. The fourth-order valence-corrected chi connectivity index (χ4v) is 1.93. The molecule has 80 valence electrons. The van der Waals surface area contributed by atoms with Gasteiger partial charge in [0, 0.05) is 25.2 Å². The van der Waals surface area contributed by atoms with E-state index in [1.165, 1.54) is 17.2 Å². The van der Waals surface area contributed by atoms with Crippen LogP contribution in [0.1, 0.15) is 38.0 Å². The van der Waals surface area contributed by atoms with Crippen molar-refractivity contribution in [1.82, 2.24) is 9.55 Å². The fraction of sp³-hybridized carbons (Fsp3) is 0.727. The molecule has 1 rings (SSSR count). The number of hydrogen-bond acceptors (Lipinski definition) is 2. The lowest BCUT2D eigenvalue weighted by molar-refractivity contribution is 0.638. The summed E-state index contributed by atoms with van der Waals surface area (Å²) >= 11 is 0. The largest absolute Gasteiger partial charge is 0.331 e. The maximum Gasteiger partial charge on any atom is 0.108 e. The molecule has 0 aliphatic rings. The standard InChI is InChI=1S/C11H21N3/c1-4-9-10(5-2)14(8-7-12)11(6-3)13-9/h4-8,12H2,1-3H3. The van der Waals surface area contributed by atoms with Crippen molar-refractivity contribution >= 4 is 0 Å². The van der Waals surface area contributed by atoms with Crippen LogP contribution in [0.25, 0.3) is 0 Å². The van der Waals surface area contributed by atoms with E-state index in [-0.39, 0.29) is 0 Å². The van der Waals surface area contributed by atoms with E-state index in [1.54, 1.807) is 0 Å². The molecule has 0 bridgehead atoms. The topological polar surface area (TPSA) is 43.8 Å². The number of nitrogens with two attached hydrogens (primary N) is 1. The van der Waals surface area contributed by atoms with Crippen molar-refractivity contribution < 1.29 is 0 Å². The minimum Gasteiger partial charge on any atom is -0.331 e. The molecule has 0 unspecified atom stereocenters. The number of nitrogens with zero attached hydrogens (tertiary/aromatic N) is 2. The summed E-state index contributed by atoms with van der Waals surface area (Å²) in [6.07, 6.45) is 3.07. The minimum absolute atomic E-state index is 0.694. The molecule has 0 spiro atoms. The molecular weight excluding hydrogens is 174 g/mol. The molecule has 1 aromatic rings. The molecule has 0 radical (unpaired) electrons. The Kier molecular flexibility index (Phi) is 4.14. The van der Waals surface area contributed by atoms with Crippen LogP contribution in [0.2, 0.25) is 0 Å². The smallest absolute Gasteiger partial charge is 0.108 e. The molecule has 3 nitrogen and oxygen atoms in total. The number of aryl methyl sites for hydroxylation is 2. The van der Waals surface area contributed by atoms with Gasteiger partial charge < -0.3 is 10.3 Å². The van der Waals surface area contributed by atoms with Gasteiger partial charge in [-0.1, -0.05) is 20.8 Å². The van der Waals surface area contributed by atoms with E-state index in [2.05, 4.69) is 30.3 Å². The van der Waals surface area contributed by atoms with Crippen molar-refractivity contribution in [2.45, 2.75) is 46.6 Å². The molecular formula is C11H21N3. The zero-order chi connectivity index (χ0) is 10.6. The van der Waals surface area contributed by atoms with Crippen molar-refractivity contribution in [3.8, 4) is 0 Å². The Balaban J connectivity index is 3.11.